The summed E-state index contributed by atoms with van der Waals surface area (Å²) in [4.78, 5) is 14.4. The van der Waals surface area contributed by atoms with Crippen LogP contribution in [0.5, 0.6) is 5.75 Å². The number of nitrogens with one attached hydrogen (secondary N) is 1. The topological polar surface area (TPSA) is 58.2 Å². The first kappa shape index (κ1) is 16.3. The van der Waals surface area contributed by atoms with Crippen molar-refractivity contribution < 1.29 is 13.9 Å². The van der Waals surface area contributed by atoms with Crippen LogP contribution in [0.15, 0.2) is 60.7 Å². The maximum atomic E-state index is 13.0. The van der Waals surface area contributed by atoms with Gasteiger partial charge in [-0.05, 0) is 42.5 Å². The Kier molecular flexibility index (Phi) is 4.39. The Hall–Kier alpha value is -3.15. The molecule has 0 radical (unpaired) electrons. The van der Waals surface area contributed by atoms with Crippen molar-refractivity contribution in [2.24, 2.45) is 0 Å². The summed E-state index contributed by atoms with van der Waals surface area (Å²) in [6.45, 7) is 1.18. The number of aromatic amines is 1. The van der Waals surface area contributed by atoms with E-state index in [0.717, 1.165) is 17.7 Å². The second-order valence-electron chi connectivity index (χ2n) is 6.27. The molecule has 0 saturated carbocycles. The highest BCUT2D eigenvalue weighted by atomic mass is 19.1. The first-order valence-corrected chi connectivity index (χ1v) is 8.51. The van der Waals surface area contributed by atoms with Crippen molar-refractivity contribution in [2.45, 2.75) is 12.5 Å². The minimum absolute atomic E-state index is 0.0131. The van der Waals surface area contributed by atoms with Gasteiger partial charge >= 0.3 is 0 Å². The fourth-order valence-corrected chi connectivity index (χ4v) is 3.07. The van der Waals surface area contributed by atoms with Crippen LogP contribution in [0.1, 0.15) is 16.9 Å². The van der Waals surface area contributed by atoms with Gasteiger partial charge in [0.1, 0.15) is 23.4 Å². The average molecular weight is 351 g/mol. The number of benzene rings is 2. The van der Waals surface area contributed by atoms with Crippen LogP contribution in [-0.2, 0) is 0 Å². The predicted octanol–water partition coefficient (Wildman–Crippen LogP) is 3.51. The number of H-pyrrole nitrogens is 1. The van der Waals surface area contributed by atoms with Crippen LogP contribution in [0, 0.1) is 5.82 Å². The normalized spacial score (nSPS) is 16.7. The molecule has 2 heterocycles. The highest BCUT2D eigenvalue weighted by Crippen LogP contribution is 2.22. The molecule has 1 fully saturated rings. The summed E-state index contributed by atoms with van der Waals surface area (Å²) in [6, 6.07) is 17.3. The molecular formula is C20H18FN3O2. The Morgan fingerprint density at radius 2 is 1.92 bits per heavy atom. The second-order valence-corrected chi connectivity index (χ2v) is 6.27. The van der Waals surface area contributed by atoms with E-state index in [0.29, 0.717) is 24.5 Å². The van der Waals surface area contributed by atoms with Gasteiger partial charge in [0.2, 0.25) is 0 Å². The lowest BCUT2D eigenvalue weighted by Crippen LogP contribution is -2.31. The minimum Gasteiger partial charge on any atom is -0.489 e. The van der Waals surface area contributed by atoms with Crippen molar-refractivity contribution in [2.75, 3.05) is 13.1 Å². The number of halogens is 1. The van der Waals surface area contributed by atoms with E-state index >= 15 is 0 Å². The standard InChI is InChI=1S/C20H18FN3O2/c21-15-8-6-14(7-9-15)18-12-19(23-22-18)20(25)24-11-10-17(13-24)26-16-4-2-1-3-5-16/h1-9,12,17H,10-11,13H2,(H,22,23). The van der Waals surface area contributed by atoms with Crippen LogP contribution >= 0.6 is 0 Å². The summed E-state index contributed by atoms with van der Waals surface area (Å²) in [5.74, 6) is 0.402. The molecule has 0 bridgehead atoms. The molecule has 0 spiro atoms. The molecule has 1 saturated heterocycles. The van der Waals surface area contributed by atoms with Gasteiger partial charge in [-0.2, -0.15) is 5.10 Å². The molecule has 2 aromatic carbocycles. The van der Waals surface area contributed by atoms with Crippen LogP contribution < -0.4 is 4.74 Å². The fourth-order valence-electron chi connectivity index (χ4n) is 3.07. The van der Waals surface area contributed by atoms with Gasteiger partial charge in [-0.15, -0.1) is 0 Å². The van der Waals surface area contributed by atoms with Crippen LogP contribution in [0.2, 0.25) is 0 Å². The molecule has 1 aromatic heterocycles. The Morgan fingerprint density at radius 1 is 1.15 bits per heavy atom. The van der Waals surface area contributed by atoms with Crippen LogP contribution in [0.3, 0.4) is 0 Å². The van der Waals surface area contributed by atoms with Crippen molar-refractivity contribution in [1.82, 2.24) is 15.1 Å². The van der Waals surface area contributed by atoms with E-state index in [9.17, 15) is 9.18 Å². The zero-order valence-corrected chi connectivity index (χ0v) is 14.1. The summed E-state index contributed by atoms with van der Waals surface area (Å²) in [7, 11) is 0. The number of nitrogens with zero attached hydrogens (tertiary/aromatic N) is 2. The van der Waals surface area contributed by atoms with Crippen molar-refractivity contribution >= 4 is 5.91 Å². The highest BCUT2D eigenvalue weighted by molar-refractivity contribution is 5.93. The summed E-state index contributed by atoms with van der Waals surface area (Å²) >= 11 is 0. The monoisotopic (exact) mass is 351 g/mol. The molecule has 1 amide bonds. The number of likely N-dealkylation sites (tertiary alicyclic amines) is 1. The van der Waals surface area contributed by atoms with Gasteiger partial charge in [0.15, 0.2) is 0 Å². The van der Waals surface area contributed by atoms with Gasteiger partial charge in [-0.25, -0.2) is 4.39 Å². The summed E-state index contributed by atoms with van der Waals surface area (Å²) < 4.78 is 19.0. The average Bonchev–Trinajstić information content (AvgIpc) is 3.33. The molecule has 1 atom stereocenters. The molecule has 1 aliphatic heterocycles. The molecule has 3 aromatic rings. The van der Waals surface area contributed by atoms with Crippen LogP contribution in [-0.4, -0.2) is 40.2 Å². The predicted molar refractivity (Wildman–Crippen MR) is 95.4 cm³/mol. The van der Waals surface area contributed by atoms with Gasteiger partial charge in [0, 0.05) is 18.5 Å². The maximum Gasteiger partial charge on any atom is 0.272 e. The van der Waals surface area contributed by atoms with Gasteiger partial charge < -0.3 is 9.64 Å². The third kappa shape index (κ3) is 3.44. The lowest BCUT2D eigenvalue weighted by Gasteiger charge is -2.16. The third-order valence-corrected chi connectivity index (χ3v) is 4.43. The highest BCUT2D eigenvalue weighted by Gasteiger charge is 2.29. The smallest absolute Gasteiger partial charge is 0.272 e. The van der Waals surface area contributed by atoms with E-state index in [1.54, 1.807) is 23.1 Å². The quantitative estimate of drug-likeness (QED) is 0.783. The Morgan fingerprint density at radius 3 is 2.69 bits per heavy atom. The number of aromatic nitrogens is 2. The number of hydrogen-bond donors (Lipinski definition) is 1. The Balaban J connectivity index is 1.41. The fraction of sp³-hybridized carbons (Fsp3) is 0.200. The van der Waals surface area contributed by atoms with E-state index < -0.39 is 0 Å². The number of hydrogen-bond acceptors (Lipinski definition) is 3. The van der Waals surface area contributed by atoms with E-state index in [4.69, 9.17) is 4.74 Å². The Bertz CT molecular complexity index is 893. The van der Waals surface area contributed by atoms with Gasteiger partial charge in [-0.1, -0.05) is 18.2 Å². The van der Waals surface area contributed by atoms with Gasteiger partial charge in [-0.3, -0.25) is 9.89 Å². The molecule has 132 valence electrons. The molecule has 26 heavy (non-hydrogen) atoms. The van der Waals surface area contributed by atoms with Crippen molar-refractivity contribution in [3.05, 3.63) is 72.2 Å². The number of amides is 1. The molecular weight excluding hydrogens is 333 g/mol. The number of para-hydroxylation sites is 1. The van der Waals surface area contributed by atoms with Crippen molar-refractivity contribution in [3.63, 3.8) is 0 Å². The molecule has 1 N–H and O–H groups in total. The number of ether oxygens (including phenoxy) is 1. The minimum atomic E-state index is -0.304. The Labute approximate surface area is 150 Å². The number of carbonyl (C=O) groups is 1. The summed E-state index contributed by atoms with van der Waals surface area (Å²) in [5.41, 5.74) is 1.79. The van der Waals surface area contributed by atoms with E-state index in [1.165, 1.54) is 12.1 Å². The first-order valence-electron chi connectivity index (χ1n) is 8.51. The lowest BCUT2D eigenvalue weighted by molar-refractivity contribution is 0.0766. The third-order valence-electron chi connectivity index (χ3n) is 4.43. The molecule has 6 heteroatoms. The van der Waals surface area contributed by atoms with Crippen LogP contribution in [0.4, 0.5) is 4.39 Å². The first-order chi connectivity index (χ1) is 12.7. The van der Waals surface area contributed by atoms with E-state index in [-0.39, 0.29) is 17.8 Å². The second kappa shape index (κ2) is 7.00. The summed E-state index contributed by atoms with van der Waals surface area (Å²) in [5, 5.41) is 6.95. The van der Waals surface area contributed by atoms with Gasteiger partial charge in [0.25, 0.3) is 5.91 Å². The molecule has 4 rings (SSSR count). The van der Waals surface area contributed by atoms with E-state index in [1.807, 2.05) is 30.3 Å². The van der Waals surface area contributed by atoms with Crippen LogP contribution in [0.25, 0.3) is 11.3 Å². The molecule has 0 aliphatic carbocycles. The maximum absolute atomic E-state index is 13.0. The largest absolute Gasteiger partial charge is 0.489 e. The SMILES string of the molecule is O=C(c1cc(-c2ccc(F)cc2)n[nH]1)N1CCC(Oc2ccccc2)C1. The molecule has 1 unspecified atom stereocenters. The number of rotatable bonds is 4. The zero-order valence-electron chi connectivity index (χ0n) is 14.1. The lowest BCUT2D eigenvalue weighted by atomic mass is 10.1. The zero-order chi connectivity index (χ0) is 17.9. The van der Waals surface area contributed by atoms with E-state index in [2.05, 4.69) is 10.2 Å². The number of carbonyl (C=O) groups excluding carboxylic acids is 1. The summed E-state index contributed by atoms with van der Waals surface area (Å²) in [6.07, 6.45) is 0.778. The van der Waals surface area contributed by atoms with Crippen molar-refractivity contribution in [1.29, 1.82) is 0 Å². The van der Waals surface area contributed by atoms with Gasteiger partial charge in [0.05, 0.1) is 12.2 Å². The van der Waals surface area contributed by atoms with Crippen molar-refractivity contribution in [3.8, 4) is 17.0 Å². The molecule has 1 aliphatic rings. The molecule has 5 nitrogen and oxygen atoms in total.